The summed E-state index contributed by atoms with van der Waals surface area (Å²) in [5.41, 5.74) is -1.04. The van der Waals surface area contributed by atoms with Gasteiger partial charge in [0.1, 0.15) is 11.6 Å². The zero-order valence-corrected chi connectivity index (χ0v) is 18.9. The summed E-state index contributed by atoms with van der Waals surface area (Å²) in [6, 6.07) is -0.691. The highest BCUT2D eigenvalue weighted by molar-refractivity contribution is 9.09. The first-order valence-corrected chi connectivity index (χ1v) is 12.1. The molecule has 4 rings (SSSR count). The molecule has 0 aromatic heterocycles. The van der Waals surface area contributed by atoms with E-state index in [4.69, 9.17) is 9.47 Å². The van der Waals surface area contributed by atoms with Gasteiger partial charge in [-0.1, -0.05) is 35.2 Å². The molecule has 1 spiro atoms. The Labute approximate surface area is 185 Å². The molecular formula is C21H31BrN2O6. The lowest BCUT2D eigenvalue weighted by molar-refractivity contribution is -0.154. The van der Waals surface area contributed by atoms with Crippen molar-refractivity contribution in [2.24, 2.45) is 11.8 Å². The summed E-state index contributed by atoms with van der Waals surface area (Å²) in [5.74, 6) is -2.34. The maximum atomic E-state index is 13.5. The minimum absolute atomic E-state index is 0.0791. The molecule has 3 unspecified atom stereocenters. The van der Waals surface area contributed by atoms with Gasteiger partial charge in [0.25, 0.3) is 0 Å². The number of hydrogen-bond donors (Lipinski definition) is 2. The molecule has 0 radical (unpaired) electrons. The van der Waals surface area contributed by atoms with Crippen molar-refractivity contribution in [2.45, 2.75) is 80.5 Å². The smallest absolute Gasteiger partial charge is 0.312 e. The van der Waals surface area contributed by atoms with E-state index in [1.165, 1.54) is 11.3 Å². The largest absolute Gasteiger partial charge is 0.466 e. The van der Waals surface area contributed by atoms with Gasteiger partial charge in [-0.25, -0.2) is 0 Å². The minimum Gasteiger partial charge on any atom is -0.466 e. The number of nitrogens with zero attached hydrogens (tertiary/aromatic N) is 1. The van der Waals surface area contributed by atoms with Crippen LogP contribution >= 0.6 is 15.9 Å². The number of likely N-dealkylation sites (tertiary alicyclic amines) is 1. The first kappa shape index (κ1) is 22.0. The molecule has 2 N–H and O–H groups in total. The van der Waals surface area contributed by atoms with E-state index >= 15 is 0 Å². The topological polar surface area (TPSA) is 105 Å². The monoisotopic (exact) mass is 486 g/mol. The second-order valence-electron chi connectivity index (χ2n) is 8.87. The van der Waals surface area contributed by atoms with E-state index in [-0.39, 0.29) is 42.4 Å². The first-order valence-electron chi connectivity index (χ1n) is 11.1. The van der Waals surface area contributed by atoms with E-state index in [1.807, 2.05) is 0 Å². The number of fused-ring (bicyclic) bond motifs is 1. The van der Waals surface area contributed by atoms with Gasteiger partial charge in [-0.2, -0.15) is 0 Å². The van der Waals surface area contributed by atoms with E-state index in [2.05, 4.69) is 21.2 Å². The lowest BCUT2D eigenvalue weighted by atomic mass is 9.70. The van der Waals surface area contributed by atoms with Crippen molar-refractivity contribution in [1.82, 2.24) is 10.2 Å². The van der Waals surface area contributed by atoms with Gasteiger partial charge in [-0.05, 0) is 32.6 Å². The van der Waals surface area contributed by atoms with Gasteiger partial charge < -0.3 is 24.8 Å². The summed E-state index contributed by atoms with van der Waals surface area (Å²) >= 11 is 3.62. The average Bonchev–Trinajstić information content (AvgIpc) is 3.31. The van der Waals surface area contributed by atoms with Gasteiger partial charge in [-0.3, -0.25) is 14.4 Å². The predicted octanol–water partition coefficient (Wildman–Crippen LogP) is 1.13. The number of hydrogen-bond acceptors (Lipinski definition) is 6. The molecule has 30 heavy (non-hydrogen) atoms. The average molecular weight is 487 g/mol. The number of aliphatic hydroxyl groups excluding tert-OH is 1. The third-order valence-corrected chi connectivity index (χ3v) is 7.95. The van der Waals surface area contributed by atoms with Crippen LogP contribution < -0.4 is 5.32 Å². The Hall–Kier alpha value is -1.19. The molecule has 2 amide bonds. The summed E-state index contributed by atoms with van der Waals surface area (Å²) in [7, 11) is 0. The standard InChI is InChI=1S/C21H31BrN2O6/c1-2-29-20(28)14-15-19(27)24(9-6-10-25)17(21(15)11-13(22)16(14)30-21)18(26)23-12-7-4-3-5-8-12/h12-17,25H,2-11H2,1H3,(H,23,26)/t13?,14-,15-,16-,17?,21?/m0/s1. The highest BCUT2D eigenvalue weighted by Gasteiger charge is 2.76. The van der Waals surface area contributed by atoms with Crippen molar-refractivity contribution in [3.8, 4) is 0 Å². The molecule has 168 valence electrons. The maximum absolute atomic E-state index is 13.5. The highest BCUT2D eigenvalue weighted by atomic mass is 79.9. The van der Waals surface area contributed by atoms with Crippen LogP contribution in [0.15, 0.2) is 0 Å². The summed E-state index contributed by atoms with van der Waals surface area (Å²) in [5, 5.41) is 12.5. The molecule has 0 aromatic rings. The zero-order valence-electron chi connectivity index (χ0n) is 17.3. The van der Waals surface area contributed by atoms with Gasteiger partial charge in [0.15, 0.2) is 0 Å². The van der Waals surface area contributed by atoms with Crippen LogP contribution in [0.5, 0.6) is 0 Å². The van der Waals surface area contributed by atoms with Crippen LogP contribution in [0.3, 0.4) is 0 Å². The van der Waals surface area contributed by atoms with Gasteiger partial charge in [0, 0.05) is 24.0 Å². The Kier molecular flexibility index (Phi) is 6.42. The van der Waals surface area contributed by atoms with Gasteiger partial charge >= 0.3 is 5.97 Å². The summed E-state index contributed by atoms with van der Waals surface area (Å²) < 4.78 is 11.6. The van der Waals surface area contributed by atoms with Gasteiger partial charge in [-0.15, -0.1) is 0 Å². The van der Waals surface area contributed by atoms with Crippen molar-refractivity contribution in [1.29, 1.82) is 0 Å². The van der Waals surface area contributed by atoms with Crippen LogP contribution in [-0.2, 0) is 23.9 Å². The van der Waals surface area contributed by atoms with E-state index in [9.17, 15) is 19.5 Å². The molecule has 6 atom stereocenters. The van der Waals surface area contributed by atoms with Crippen LogP contribution in [-0.4, -0.2) is 76.2 Å². The number of aliphatic hydroxyl groups is 1. The van der Waals surface area contributed by atoms with Crippen LogP contribution in [0.1, 0.15) is 51.9 Å². The molecule has 3 saturated heterocycles. The van der Waals surface area contributed by atoms with Crippen molar-refractivity contribution >= 4 is 33.7 Å². The molecular weight excluding hydrogens is 456 g/mol. The van der Waals surface area contributed by atoms with Crippen molar-refractivity contribution in [3.63, 3.8) is 0 Å². The molecule has 3 aliphatic heterocycles. The number of alkyl halides is 1. The molecule has 9 heteroatoms. The van der Waals surface area contributed by atoms with E-state index in [0.717, 1.165) is 25.7 Å². The highest BCUT2D eigenvalue weighted by Crippen LogP contribution is 2.60. The maximum Gasteiger partial charge on any atom is 0.312 e. The van der Waals surface area contributed by atoms with Gasteiger partial charge in [0.05, 0.1) is 24.5 Å². The van der Waals surface area contributed by atoms with Crippen molar-refractivity contribution < 1.29 is 29.0 Å². The quantitative estimate of drug-likeness (QED) is 0.412. The molecule has 0 aromatic carbocycles. The van der Waals surface area contributed by atoms with E-state index < -0.39 is 35.6 Å². The molecule has 8 nitrogen and oxygen atoms in total. The van der Waals surface area contributed by atoms with Gasteiger partial charge in [0.2, 0.25) is 11.8 Å². The molecule has 4 fully saturated rings. The molecule has 4 aliphatic rings. The summed E-state index contributed by atoms with van der Waals surface area (Å²) in [6.07, 6.45) is 5.61. The van der Waals surface area contributed by atoms with Crippen LogP contribution in [0.4, 0.5) is 0 Å². The van der Waals surface area contributed by atoms with Crippen LogP contribution in [0.25, 0.3) is 0 Å². The fourth-order valence-electron chi connectivity index (χ4n) is 5.95. The minimum atomic E-state index is -1.04. The number of carbonyl (C=O) groups excluding carboxylic acids is 3. The zero-order chi connectivity index (χ0) is 21.5. The molecule has 3 heterocycles. The Balaban J connectivity index is 1.65. The molecule has 1 saturated carbocycles. The Morgan fingerprint density at radius 2 is 2.07 bits per heavy atom. The number of amides is 2. The fourth-order valence-corrected chi connectivity index (χ4v) is 6.89. The third-order valence-electron chi connectivity index (χ3n) is 7.10. The second-order valence-corrected chi connectivity index (χ2v) is 10.0. The van der Waals surface area contributed by atoms with Crippen molar-refractivity contribution in [2.75, 3.05) is 19.8 Å². The van der Waals surface area contributed by atoms with E-state index in [1.54, 1.807) is 6.92 Å². The summed E-state index contributed by atoms with van der Waals surface area (Å²) in [6.45, 7) is 2.14. The van der Waals surface area contributed by atoms with Crippen LogP contribution in [0, 0.1) is 11.8 Å². The summed E-state index contributed by atoms with van der Waals surface area (Å²) in [4.78, 5) is 41.1. The number of esters is 1. The number of ether oxygens (including phenoxy) is 2. The fraction of sp³-hybridized carbons (Fsp3) is 0.857. The SMILES string of the molecule is CCOC(=O)[C@H]1[C@H]2C(=O)N(CCCO)C(C(=O)NC3CCCCC3)C23CC(Br)[C@@H]1O3. The predicted molar refractivity (Wildman–Crippen MR) is 111 cm³/mol. The lowest BCUT2D eigenvalue weighted by Crippen LogP contribution is -2.57. The Morgan fingerprint density at radius 1 is 1.33 bits per heavy atom. The Morgan fingerprint density at radius 3 is 2.73 bits per heavy atom. The van der Waals surface area contributed by atoms with Crippen molar-refractivity contribution in [3.05, 3.63) is 0 Å². The second kappa shape index (κ2) is 8.74. The molecule has 1 aliphatic carbocycles. The number of carbonyl (C=O) groups is 3. The lowest BCUT2D eigenvalue weighted by Gasteiger charge is -2.35. The Bertz CT molecular complexity index is 699. The number of nitrogens with one attached hydrogen (secondary N) is 1. The number of halogens is 1. The number of rotatable bonds is 7. The van der Waals surface area contributed by atoms with Crippen LogP contribution in [0.2, 0.25) is 0 Å². The molecule has 2 bridgehead atoms. The third kappa shape index (κ3) is 3.46. The van der Waals surface area contributed by atoms with E-state index in [0.29, 0.717) is 12.8 Å². The first-order chi connectivity index (χ1) is 14.4. The normalized spacial score (nSPS) is 38.0.